The van der Waals surface area contributed by atoms with Crippen molar-refractivity contribution in [3.8, 4) is 11.5 Å². The quantitative estimate of drug-likeness (QED) is 0.850. The van der Waals surface area contributed by atoms with Crippen LogP contribution in [0.25, 0.3) is 0 Å². The second-order valence-electron chi connectivity index (χ2n) is 6.76. The Hall–Kier alpha value is -1.22. The molecule has 0 radical (unpaired) electrons. The van der Waals surface area contributed by atoms with Gasteiger partial charge in [-0.05, 0) is 43.2 Å². The van der Waals surface area contributed by atoms with E-state index in [4.69, 9.17) is 9.47 Å². The normalized spacial score (nSPS) is 36.3. The molecular formula is C17H24O3. The minimum Gasteiger partial charge on any atom is -0.497 e. The lowest BCUT2D eigenvalue weighted by Crippen LogP contribution is -2.46. The number of hydrogen-bond donors (Lipinski definition) is 1. The number of fused-ring (bicyclic) bond motifs is 1. The van der Waals surface area contributed by atoms with Crippen molar-refractivity contribution in [2.75, 3.05) is 7.11 Å². The second-order valence-corrected chi connectivity index (χ2v) is 6.76. The molecule has 1 spiro atoms. The summed E-state index contributed by atoms with van der Waals surface area (Å²) >= 11 is 0. The molecule has 2 aliphatic rings. The van der Waals surface area contributed by atoms with Crippen LogP contribution in [0.1, 0.15) is 51.2 Å². The van der Waals surface area contributed by atoms with Gasteiger partial charge in [0.15, 0.2) is 0 Å². The summed E-state index contributed by atoms with van der Waals surface area (Å²) < 4.78 is 11.6. The summed E-state index contributed by atoms with van der Waals surface area (Å²) in [5.41, 5.74) is 0.692. The number of aliphatic hydroxyl groups is 1. The van der Waals surface area contributed by atoms with Crippen molar-refractivity contribution in [2.45, 2.75) is 51.2 Å². The smallest absolute Gasteiger partial charge is 0.129 e. The zero-order valence-electron chi connectivity index (χ0n) is 12.6. The molecule has 3 rings (SSSR count). The molecule has 1 aromatic rings. The van der Waals surface area contributed by atoms with Gasteiger partial charge < -0.3 is 14.6 Å². The lowest BCUT2D eigenvalue weighted by atomic mass is 9.70. The summed E-state index contributed by atoms with van der Waals surface area (Å²) in [6.45, 7) is 4.57. The van der Waals surface area contributed by atoms with E-state index in [9.17, 15) is 5.11 Å². The molecule has 3 nitrogen and oxygen atoms in total. The van der Waals surface area contributed by atoms with Crippen molar-refractivity contribution in [2.24, 2.45) is 11.8 Å². The van der Waals surface area contributed by atoms with E-state index in [1.165, 1.54) is 6.42 Å². The molecule has 3 heteroatoms. The van der Waals surface area contributed by atoms with E-state index < -0.39 is 6.10 Å². The number of aliphatic hydroxyl groups excluding tert-OH is 1. The predicted molar refractivity (Wildman–Crippen MR) is 78.1 cm³/mol. The van der Waals surface area contributed by atoms with Crippen LogP contribution in [0.5, 0.6) is 11.5 Å². The average Bonchev–Trinajstić information content (AvgIpc) is 2.36. The minimum atomic E-state index is -0.429. The minimum absolute atomic E-state index is 0.199. The number of rotatable bonds is 1. The van der Waals surface area contributed by atoms with Crippen LogP contribution in [0, 0.1) is 11.8 Å². The predicted octanol–water partition coefficient (Wildman–Crippen LogP) is 3.71. The Kier molecular flexibility index (Phi) is 3.41. The molecule has 20 heavy (non-hydrogen) atoms. The highest BCUT2D eigenvalue weighted by Crippen LogP contribution is 2.49. The first kappa shape index (κ1) is 13.7. The highest BCUT2D eigenvalue weighted by molar-refractivity contribution is 5.44. The fraction of sp³-hybridized carbons (Fsp3) is 0.647. The van der Waals surface area contributed by atoms with E-state index in [2.05, 4.69) is 13.8 Å². The standard InChI is InChI=1S/C17H24O3/c1-11-6-12(2)9-17(8-11)10-15(18)14-5-4-13(19-3)7-16(14)20-17/h4-5,7,11-12,15,18H,6,8-10H2,1-3H3/t11?,12?,15-,17?/m0/s1. The van der Waals surface area contributed by atoms with Crippen molar-refractivity contribution in [1.29, 1.82) is 0 Å². The summed E-state index contributed by atoms with van der Waals surface area (Å²) in [4.78, 5) is 0. The molecule has 1 saturated carbocycles. The van der Waals surface area contributed by atoms with E-state index in [0.29, 0.717) is 18.3 Å². The van der Waals surface area contributed by atoms with Gasteiger partial charge >= 0.3 is 0 Å². The van der Waals surface area contributed by atoms with E-state index in [-0.39, 0.29) is 5.60 Å². The molecule has 3 atom stereocenters. The molecule has 110 valence electrons. The highest BCUT2D eigenvalue weighted by atomic mass is 16.5. The summed E-state index contributed by atoms with van der Waals surface area (Å²) in [6.07, 6.45) is 3.60. The molecule has 1 aliphatic heterocycles. The lowest BCUT2D eigenvalue weighted by molar-refractivity contribution is -0.0625. The van der Waals surface area contributed by atoms with Crippen LogP contribution in [-0.4, -0.2) is 17.8 Å². The highest BCUT2D eigenvalue weighted by Gasteiger charge is 2.45. The molecule has 2 unspecified atom stereocenters. The van der Waals surface area contributed by atoms with Crippen LogP contribution in [0.2, 0.25) is 0 Å². The summed E-state index contributed by atoms with van der Waals surface area (Å²) in [6, 6.07) is 5.71. The number of hydrogen-bond acceptors (Lipinski definition) is 3. The van der Waals surface area contributed by atoms with E-state index in [1.807, 2.05) is 18.2 Å². The molecule has 1 heterocycles. The van der Waals surface area contributed by atoms with Crippen molar-refractivity contribution in [1.82, 2.24) is 0 Å². The van der Waals surface area contributed by atoms with Gasteiger partial charge in [0.1, 0.15) is 17.1 Å². The molecular weight excluding hydrogens is 252 g/mol. The number of ether oxygens (including phenoxy) is 2. The Bertz CT molecular complexity index is 487. The first-order valence-electron chi connectivity index (χ1n) is 7.56. The zero-order chi connectivity index (χ0) is 14.3. The van der Waals surface area contributed by atoms with Crippen LogP contribution in [0.15, 0.2) is 18.2 Å². The molecule has 0 bridgehead atoms. The third-order valence-corrected chi connectivity index (χ3v) is 4.72. The van der Waals surface area contributed by atoms with Crippen LogP contribution < -0.4 is 9.47 Å². The van der Waals surface area contributed by atoms with Gasteiger partial charge in [-0.15, -0.1) is 0 Å². The maximum absolute atomic E-state index is 10.5. The summed E-state index contributed by atoms with van der Waals surface area (Å²) in [5, 5.41) is 10.5. The van der Waals surface area contributed by atoms with Gasteiger partial charge in [0.05, 0.1) is 13.2 Å². The fourth-order valence-corrected chi connectivity index (χ4v) is 4.20. The second kappa shape index (κ2) is 4.96. The summed E-state index contributed by atoms with van der Waals surface area (Å²) in [7, 11) is 1.65. The van der Waals surface area contributed by atoms with Gasteiger partial charge in [-0.25, -0.2) is 0 Å². The molecule has 1 fully saturated rings. The Morgan fingerprint density at radius 2 is 1.90 bits per heavy atom. The van der Waals surface area contributed by atoms with E-state index in [1.54, 1.807) is 7.11 Å². The lowest BCUT2D eigenvalue weighted by Gasteiger charge is -2.47. The van der Waals surface area contributed by atoms with Gasteiger partial charge in [0, 0.05) is 18.1 Å². The van der Waals surface area contributed by atoms with Crippen molar-refractivity contribution in [3.63, 3.8) is 0 Å². The average molecular weight is 276 g/mol. The van der Waals surface area contributed by atoms with Gasteiger partial charge in [-0.1, -0.05) is 13.8 Å². The maximum atomic E-state index is 10.5. The molecule has 0 amide bonds. The molecule has 0 saturated heterocycles. The van der Waals surface area contributed by atoms with E-state index in [0.717, 1.165) is 29.9 Å². The maximum Gasteiger partial charge on any atom is 0.129 e. The number of methoxy groups -OCH3 is 1. The van der Waals surface area contributed by atoms with Crippen LogP contribution in [0.3, 0.4) is 0 Å². The van der Waals surface area contributed by atoms with Gasteiger partial charge in [-0.2, -0.15) is 0 Å². The van der Waals surface area contributed by atoms with Crippen LogP contribution in [0.4, 0.5) is 0 Å². The molecule has 1 aliphatic carbocycles. The Morgan fingerprint density at radius 1 is 1.20 bits per heavy atom. The third-order valence-electron chi connectivity index (χ3n) is 4.72. The number of benzene rings is 1. The monoisotopic (exact) mass is 276 g/mol. The van der Waals surface area contributed by atoms with Gasteiger partial charge in [0.2, 0.25) is 0 Å². The third kappa shape index (κ3) is 2.39. The Labute approximate surface area is 120 Å². The molecule has 1 N–H and O–H groups in total. The zero-order valence-corrected chi connectivity index (χ0v) is 12.6. The SMILES string of the molecule is COc1ccc2c(c1)OC1(CC(C)CC(C)C1)C[C@@H]2O. The Morgan fingerprint density at radius 3 is 2.55 bits per heavy atom. The first-order chi connectivity index (χ1) is 9.51. The largest absolute Gasteiger partial charge is 0.497 e. The molecule has 0 aromatic heterocycles. The van der Waals surface area contributed by atoms with Crippen molar-refractivity contribution in [3.05, 3.63) is 23.8 Å². The van der Waals surface area contributed by atoms with Crippen molar-refractivity contribution >= 4 is 0 Å². The van der Waals surface area contributed by atoms with Gasteiger partial charge in [0.25, 0.3) is 0 Å². The van der Waals surface area contributed by atoms with Crippen LogP contribution in [-0.2, 0) is 0 Å². The molecule has 1 aromatic carbocycles. The topological polar surface area (TPSA) is 38.7 Å². The van der Waals surface area contributed by atoms with E-state index >= 15 is 0 Å². The fourth-order valence-electron chi connectivity index (χ4n) is 4.20. The first-order valence-corrected chi connectivity index (χ1v) is 7.56. The van der Waals surface area contributed by atoms with Crippen LogP contribution >= 0.6 is 0 Å². The van der Waals surface area contributed by atoms with Crippen molar-refractivity contribution < 1.29 is 14.6 Å². The Balaban J connectivity index is 1.94. The van der Waals surface area contributed by atoms with Gasteiger partial charge in [-0.3, -0.25) is 0 Å². The summed E-state index contributed by atoms with van der Waals surface area (Å²) in [5.74, 6) is 2.88.